The predicted molar refractivity (Wildman–Crippen MR) is 91.7 cm³/mol. The summed E-state index contributed by atoms with van der Waals surface area (Å²) in [6.45, 7) is 9.98. The fourth-order valence-corrected chi connectivity index (χ4v) is 2.61. The Bertz CT molecular complexity index is 580. The van der Waals surface area contributed by atoms with Crippen LogP contribution in [0.5, 0.6) is 0 Å². The van der Waals surface area contributed by atoms with Crippen molar-refractivity contribution in [1.82, 2.24) is 9.88 Å². The zero-order valence-electron chi connectivity index (χ0n) is 13.7. The molecule has 1 heterocycles. The van der Waals surface area contributed by atoms with E-state index in [2.05, 4.69) is 55.3 Å². The molecule has 2 aromatic rings. The molecule has 3 nitrogen and oxygen atoms in total. The summed E-state index contributed by atoms with van der Waals surface area (Å²) in [4.78, 5) is 7.24. The summed E-state index contributed by atoms with van der Waals surface area (Å²) in [5.41, 5.74) is 2.33. The van der Waals surface area contributed by atoms with Crippen LogP contribution < -0.4 is 5.32 Å². The van der Waals surface area contributed by atoms with Gasteiger partial charge in [-0.05, 0) is 24.6 Å². The Hall–Kier alpha value is -1.61. The van der Waals surface area contributed by atoms with Gasteiger partial charge in [-0.15, -0.1) is 0 Å². The highest BCUT2D eigenvalue weighted by molar-refractivity contribution is 5.81. The van der Waals surface area contributed by atoms with E-state index in [1.807, 2.05) is 13.1 Å². The molecule has 1 unspecified atom stereocenters. The number of nitrogens with one attached hydrogen (secondary N) is 1. The number of pyridine rings is 1. The molecule has 0 aliphatic rings. The largest absolute Gasteiger partial charge is 0.373 e. The van der Waals surface area contributed by atoms with E-state index in [-0.39, 0.29) is 0 Å². The van der Waals surface area contributed by atoms with Gasteiger partial charge in [0.2, 0.25) is 0 Å². The van der Waals surface area contributed by atoms with Gasteiger partial charge in [-0.1, -0.05) is 45.4 Å². The van der Waals surface area contributed by atoms with Crippen LogP contribution in [0.1, 0.15) is 32.8 Å². The van der Waals surface area contributed by atoms with E-state index in [0.717, 1.165) is 36.9 Å². The number of hydrogen-bond donors (Lipinski definition) is 1. The van der Waals surface area contributed by atoms with E-state index < -0.39 is 0 Å². The van der Waals surface area contributed by atoms with Crippen molar-refractivity contribution >= 4 is 16.7 Å². The lowest BCUT2D eigenvalue weighted by Gasteiger charge is -2.24. The average Bonchev–Trinajstić information content (AvgIpc) is 2.53. The topological polar surface area (TPSA) is 28.2 Å². The number of benzene rings is 1. The van der Waals surface area contributed by atoms with Crippen molar-refractivity contribution < 1.29 is 0 Å². The van der Waals surface area contributed by atoms with Gasteiger partial charge < -0.3 is 5.32 Å². The van der Waals surface area contributed by atoms with E-state index >= 15 is 0 Å². The molecule has 0 fully saturated rings. The van der Waals surface area contributed by atoms with Crippen molar-refractivity contribution in [2.75, 3.05) is 25.5 Å². The summed E-state index contributed by atoms with van der Waals surface area (Å²) in [7, 11) is 1.95. The molecule has 0 saturated heterocycles. The number of aromatic nitrogens is 1. The quantitative estimate of drug-likeness (QED) is 0.828. The van der Waals surface area contributed by atoms with Gasteiger partial charge >= 0.3 is 0 Å². The van der Waals surface area contributed by atoms with Crippen LogP contribution in [0.25, 0.3) is 10.9 Å². The minimum atomic E-state index is 0.733. The first-order chi connectivity index (χ1) is 10.2. The zero-order chi connectivity index (χ0) is 15.2. The average molecular weight is 285 g/mol. The van der Waals surface area contributed by atoms with Crippen molar-refractivity contribution in [3.05, 3.63) is 35.9 Å². The van der Waals surface area contributed by atoms with Crippen LogP contribution >= 0.6 is 0 Å². The summed E-state index contributed by atoms with van der Waals surface area (Å²) in [5, 5.41) is 4.46. The predicted octanol–water partition coefficient (Wildman–Crippen LogP) is 4.14. The van der Waals surface area contributed by atoms with Crippen molar-refractivity contribution in [2.24, 2.45) is 5.92 Å². The Morgan fingerprint density at radius 1 is 1.24 bits per heavy atom. The number of para-hydroxylation sites is 1. The first-order valence-electron chi connectivity index (χ1n) is 7.96. The van der Waals surface area contributed by atoms with Crippen LogP contribution in [0, 0.1) is 5.92 Å². The molecule has 114 valence electrons. The highest BCUT2D eigenvalue weighted by atomic mass is 15.1. The summed E-state index contributed by atoms with van der Waals surface area (Å²) in [6.07, 6.45) is 1.23. The molecule has 21 heavy (non-hydrogen) atoms. The van der Waals surface area contributed by atoms with Crippen LogP contribution in [-0.2, 0) is 6.54 Å². The number of rotatable bonds is 7. The molecule has 1 aromatic carbocycles. The van der Waals surface area contributed by atoms with Gasteiger partial charge in [-0.3, -0.25) is 4.90 Å². The molecule has 0 radical (unpaired) electrons. The van der Waals surface area contributed by atoms with Gasteiger partial charge in [0, 0.05) is 31.1 Å². The van der Waals surface area contributed by atoms with Crippen LogP contribution in [0.4, 0.5) is 5.82 Å². The second kappa shape index (κ2) is 7.41. The second-order valence-electron chi connectivity index (χ2n) is 5.78. The fraction of sp³-hybridized carbons (Fsp3) is 0.500. The van der Waals surface area contributed by atoms with E-state index in [0.29, 0.717) is 0 Å². The summed E-state index contributed by atoms with van der Waals surface area (Å²) in [6, 6.07) is 10.6. The third-order valence-electron chi connectivity index (χ3n) is 4.15. The number of hydrogen-bond acceptors (Lipinski definition) is 3. The van der Waals surface area contributed by atoms with Gasteiger partial charge in [0.1, 0.15) is 5.82 Å². The van der Waals surface area contributed by atoms with Gasteiger partial charge in [-0.2, -0.15) is 0 Å². The Kier molecular flexibility index (Phi) is 5.57. The minimum Gasteiger partial charge on any atom is -0.373 e. The maximum atomic E-state index is 4.74. The van der Waals surface area contributed by atoms with Crippen molar-refractivity contribution in [3.63, 3.8) is 0 Å². The molecule has 0 spiro atoms. The van der Waals surface area contributed by atoms with Crippen molar-refractivity contribution in [2.45, 2.75) is 33.7 Å². The third-order valence-corrected chi connectivity index (χ3v) is 4.15. The Labute approximate surface area is 128 Å². The molecular weight excluding hydrogens is 258 g/mol. The lowest BCUT2D eigenvalue weighted by atomic mass is 10.1. The summed E-state index contributed by atoms with van der Waals surface area (Å²) in [5.74, 6) is 1.73. The minimum absolute atomic E-state index is 0.733. The smallest absolute Gasteiger partial charge is 0.130 e. The monoisotopic (exact) mass is 285 g/mol. The molecule has 0 bridgehead atoms. The van der Waals surface area contributed by atoms with E-state index in [1.54, 1.807) is 0 Å². The van der Waals surface area contributed by atoms with Gasteiger partial charge in [0.15, 0.2) is 0 Å². The van der Waals surface area contributed by atoms with Crippen LogP contribution in [0.3, 0.4) is 0 Å². The van der Waals surface area contributed by atoms with E-state index in [4.69, 9.17) is 4.98 Å². The molecule has 1 aromatic heterocycles. The maximum Gasteiger partial charge on any atom is 0.130 e. The van der Waals surface area contributed by atoms with E-state index in [1.165, 1.54) is 17.4 Å². The molecule has 0 aliphatic carbocycles. The van der Waals surface area contributed by atoms with Crippen LogP contribution in [-0.4, -0.2) is 30.0 Å². The maximum absolute atomic E-state index is 4.74. The molecule has 0 saturated carbocycles. The fourth-order valence-electron chi connectivity index (χ4n) is 2.61. The highest BCUT2D eigenvalue weighted by Gasteiger charge is 2.12. The molecule has 1 N–H and O–H groups in total. The molecule has 2 rings (SSSR count). The Morgan fingerprint density at radius 3 is 2.67 bits per heavy atom. The molecule has 0 aliphatic heterocycles. The molecule has 0 amide bonds. The van der Waals surface area contributed by atoms with Crippen molar-refractivity contribution in [1.29, 1.82) is 0 Å². The summed E-state index contributed by atoms with van der Waals surface area (Å²) < 4.78 is 0. The van der Waals surface area contributed by atoms with Crippen LogP contribution in [0.2, 0.25) is 0 Å². The van der Waals surface area contributed by atoms with Gasteiger partial charge in [0.25, 0.3) is 0 Å². The number of anilines is 1. The van der Waals surface area contributed by atoms with Gasteiger partial charge in [0.05, 0.1) is 5.52 Å². The number of nitrogens with zero attached hydrogens (tertiary/aromatic N) is 2. The standard InChI is InChI=1S/C18H27N3/c1-5-14(3)12-21(6-2)13-16-11-15-9-7-8-10-17(15)20-18(16)19-4/h7-11,14H,5-6,12-13H2,1-4H3,(H,19,20). The van der Waals surface area contributed by atoms with Crippen molar-refractivity contribution in [3.8, 4) is 0 Å². The normalized spacial score (nSPS) is 12.8. The first kappa shape index (κ1) is 15.8. The van der Waals surface area contributed by atoms with Crippen LogP contribution in [0.15, 0.2) is 30.3 Å². The highest BCUT2D eigenvalue weighted by Crippen LogP contribution is 2.22. The molecule has 1 atom stereocenters. The Morgan fingerprint density at radius 2 is 2.00 bits per heavy atom. The Balaban J connectivity index is 2.26. The second-order valence-corrected chi connectivity index (χ2v) is 5.78. The first-order valence-corrected chi connectivity index (χ1v) is 7.96. The number of fused-ring (bicyclic) bond motifs is 1. The molecule has 3 heteroatoms. The summed E-state index contributed by atoms with van der Waals surface area (Å²) >= 11 is 0. The SMILES string of the molecule is CCC(C)CN(CC)Cc1cc2ccccc2nc1NC. The van der Waals surface area contributed by atoms with Gasteiger partial charge in [-0.25, -0.2) is 4.98 Å². The van der Waals surface area contributed by atoms with E-state index in [9.17, 15) is 0 Å². The lowest BCUT2D eigenvalue weighted by Crippen LogP contribution is -2.28. The lowest BCUT2D eigenvalue weighted by molar-refractivity contribution is 0.238. The third kappa shape index (κ3) is 3.94. The zero-order valence-corrected chi connectivity index (χ0v) is 13.7. The molecular formula is C18H27N3.